The van der Waals surface area contributed by atoms with Gasteiger partial charge in [0.1, 0.15) is 5.60 Å². The fraction of sp³-hybridized carbons (Fsp3) is 0.875. The zero-order valence-corrected chi connectivity index (χ0v) is 6.64. The van der Waals surface area contributed by atoms with Crippen LogP contribution in [0.15, 0.2) is 0 Å². The minimum absolute atomic E-state index is 0.0315. The van der Waals surface area contributed by atoms with E-state index in [0.717, 1.165) is 19.3 Å². The van der Waals surface area contributed by atoms with E-state index in [-0.39, 0.29) is 11.6 Å². The van der Waals surface area contributed by atoms with Crippen LogP contribution in [0.4, 0.5) is 0 Å². The summed E-state index contributed by atoms with van der Waals surface area (Å²) in [5.41, 5.74) is -0.133. The van der Waals surface area contributed by atoms with Gasteiger partial charge in [-0.05, 0) is 19.8 Å². The standard InChI is InChI=1S/C8H14O2/c1-3-5-8(2)6-4-7(9)10-8/h3-6H2,1-2H3. The average molecular weight is 142 g/mol. The number of esters is 1. The molecule has 2 nitrogen and oxygen atoms in total. The van der Waals surface area contributed by atoms with Gasteiger partial charge in [-0.15, -0.1) is 0 Å². The van der Waals surface area contributed by atoms with E-state index < -0.39 is 0 Å². The van der Waals surface area contributed by atoms with Crippen LogP contribution in [0.25, 0.3) is 0 Å². The molecule has 0 saturated carbocycles. The summed E-state index contributed by atoms with van der Waals surface area (Å²) in [5.74, 6) is -0.0315. The number of hydrogen-bond donors (Lipinski definition) is 0. The molecule has 1 atom stereocenters. The summed E-state index contributed by atoms with van der Waals surface area (Å²) in [6.45, 7) is 4.12. The third-order valence-corrected chi connectivity index (χ3v) is 2.00. The lowest BCUT2D eigenvalue weighted by molar-refractivity contribution is -0.147. The molecular weight excluding hydrogens is 128 g/mol. The van der Waals surface area contributed by atoms with Crippen LogP contribution in [0, 0.1) is 0 Å². The van der Waals surface area contributed by atoms with Crippen molar-refractivity contribution in [1.82, 2.24) is 0 Å². The van der Waals surface area contributed by atoms with Gasteiger partial charge >= 0.3 is 5.97 Å². The van der Waals surface area contributed by atoms with E-state index in [1.54, 1.807) is 0 Å². The Morgan fingerprint density at radius 3 is 2.80 bits per heavy atom. The third-order valence-electron chi connectivity index (χ3n) is 2.00. The zero-order chi connectivity index (χ0) is 7.61. The first kappa shape index (κ1) is 7.58. The van der Waals surface area contributed by atoms with Crippen LogP contribution in [0.1, 0.15) is 39.5 Å². The van der Waals surface area contributed by atoms with Crippen molar-refractivity contribution in [2.24, 2.45) is 0 Å². The molecule has 1 aliphatic heterocycles. The van der Waals surface area contributed by atoms with E-state index in [0.29, 0.717) is 6.42 Å². The molecule has 0 spiro atoms. The van der Waals surface area contributed by atoms with Crippen LogP contribution in [-0.4, -0.2) is 11.6 Å². The second-order valence-electron chi connectivity index (χ2n) is 3.17. The van der Waals surface area contributed by atoms with Gasteiger partial charge < -0.3 is 4.74 Å². The van der Waals surface area contributed by atoms with Crippen molar-refractivity contribution in [2.45, 2.75) is 45.1 Å². The molecule has 1 saturated heterocycles. The van der Waals surface area contributed by atoms with Crippen molar-refractivity contribution in [3.05, 3.63) is 0 Å². The molecule has 2 heteroatoms. The van der Waals surface area contributed by atoms with Crippen molar-refractivity contribution >= 4 is 5.97 Å². The Hall–Kier alpha value is -0.530. The van der Waals surface area contributed by atoms with Gasteiger partial charge in [0, 0.05) is 6.42 Å². The van der Waals surface area contributed by atoms with Crippen molar-refractivity contribution < 1.29 is 9.53 Å². The fourth-order valence-electron chi connectivity index (χ4n) is 1.45. The number of carbonyl (C=O) groups excluding carboxylic acids is 1. The van der Waals surface area contributed by atoms with E-state index >= 15 is 0 Å². The van der Waals surface area contributed by atoms with E-state index in [1.807, 2.05) is 6.92 Å². The highest BCUT2D eigenvalue weighted by atomic mass is 16.6. The highest BCUT2D eigenvalue weighted by Crippen LogP contribution is 2.30. The first-order valence-corrected chi connectivity index (χ1v) is 3.88. The van der Waals surface area contributed by atoms with Gasteiger partial charge in [-0.1, -0.05) is 13.3 Å². The highest BCUT2D eigenvalue weighted by Gasteiger charge is 2.34. The SMILES string of the molecule is CCCC1(C)CCC(=O)O1. The molecule has 1 fully saturated rings. The van der Waals surface area contributed by atoms with Crippen molar-refractivity contribution in [1.29, 1.82) is 0 Å². The van der Waals surface area contributed by atoms with Gasteiger partial charge in [0.2, 0.25) is 0 Å². The maximum atomic E-state index is 10.7. The summed E-state index contributed by atoms with van der Waals surface area (Å²) in [5, 5.41) is 0. The van der Waals surface area contributed by atoms with Gasteiger partial charge in [-0.25, -0.2) is 0 Å². The molecular formula is C8H14O2. The lowest BCUT2D eigenvalue weighted by Crippen LogP contribution is -2.22. The van der Waals surface area contributed by atoms with Gasteiger partial charge in [-0.3, -0.25) is 4.79 Å². The topological polar surface area (TPSA) is 26.3 Å². The van der Waals surface area contributed by atoms with Crippen LogP contribution >= 0.6 is 0 Å². The third kappa shape index (κ3) is 1.49. The Morgan fingerprint density at radius 1 is 1.70 bits per heavy atom. The Balaban J connectivity index is 2.46. The Labute approximate surface area is 61.6 Å². The first-order chi connectivity index (χ1) is 4.66. The minimum atomic E-state index is -0.133. The average Bonchev–Trinajstić information content (AvgIpc) is 2.12. The lowest BCUT2D eigenvalue weighted by Gasteiger charge is -2.20. The molecule has 0 aromatic carbocycles. The molecule has 0 N–H and O–H groups in total. The van der Waals surface area contributed by atoms with E-state index in [4.69, 9.17) is 4.74 Å². The molecule has 0 aromatic rings. The van der Waals surface area contributed by atoms with Crippen LogP contribution < -0.4 is 0 Å². The number of carbonyl (C=O) groups is 1. The smallest absolute Gasteiger partial charge is 0.306 e. The molecule has 0 amide bonds. The normalized spacial score (nSPS) is 32.4. The van der Waals surface area contributed by atoms with Crippen LogP contribution in [-0.2, 0) is 9.53 Å². The zero-order valence-electron chi connectivity index (χ0n) is 6.64. The van der Waals surface area contributed by atoms with E-state index in [9.17, 15) is 4.79 Å². The van der Waals surface area contributed by atoms with Crippen LogP contribution in [0.5, 0.6) is 0 Å². The largest absolute Gasteiger partial charge is 0.459 e. The maximum Gasteiger partial charge on any atom is 0.306 e. The quantitative estimate of drug-likeness (QED) is 0.550. The van der Waals surface area contributed by atoms with Gasteiger partial charge in [0.25, 0.3) is 0 Å². The summed E-state index contributed by atoms with van der Waals surface area (Å²) in [6, 6.07) is 0. The fourth-order valence-corrected chi connectivity index (χ4v) is 1.45. The van der Waals surface area contributed by atoms with Crippen LogP contribution in [0.2, 0.25) is 0 Å². The van der Waals surface area contributed by atoms with Gasteiger partial charge in [0.15, 0.2) is 0 Å². The summed E-state index contributed by atoms with van der Waals surface area (Å²) in [6.07, 6.45) is 3.60. The van der Waals surface area contributed by atoms with Crippen molar-refractivity contribution in [3.63, 3.8) is 0 Å². The molecule has 0 aliphatic carbocycles. The van der Waals surface area contributed by atoms with E-state index in [2.05, 4.69) is 6.92 Å². The Kier molecular flexibility index (Phi) is 1.97. The number of ether oxygens (including phenoxy) is 1. The molecule has 1 unspecified atom stereocenters. The molecule has 1 rings (SSSR count). The monoisotopic (exact) mass is 142 g/mol. The molecule has 10 heavy (non-hydrogen) atoms. The van der Waals surface area contributed by atoms with Gasteiger partial charge in [0.05, 0.1) is 0 Å². The van der Waals surface area contributed by atoms with Crippen molar-refractivity contribution in [3.8, 4) is 0 Å². The summed E-state index contributed by atoms with van der Waals surface area (Å²) < 4.78 is 5.15. The summed E-state index contributed by atoms with van der Waals surface area (Å²) in [4.78, 5) is 10.7. The van der Waals surface area contributed by atoms with Gasteiger partial charge in [-0.2, -0.15) is 0 Å². The Morgan fingerprint density at radius 2 is 2.40 bits per heavy atom. The lowest BCUT2D eigenvalue weighted by atomic mass is 9.97. The molecule has 0 aromatic heterocycles. The maximum absolute atomic E-state index is 10.7. The second-order valence-corrected chi connectivity index (χ2v) is 3.17. The highest BCUT2D eigenvalue weighted by molar-refractivity contribution is 5.72. The summed E-state index contributed by atoms with van der Waals surface area (Å²) in [7, 11) is 0. The summed E-state index contributed by atoms with van der Waals surface area (Å²) >= 11 is 0. The molecule has 1 aliphatic rings. The predicted octanol–water partition coefficient (Wildman–Crippen LogP) is 1.88. The Bertz CT molecular complexity index is 142. The predicted molar refractivity (Wildman–Crippen MR) is 38.6 cm³/mol. The minimum Gasteiger partial charge on any atom is -0.459 e. The molecule has 0 radical (unpaired) electrons. The number of hydrogen-bond acceptors (Lipinski definition) is 2. The van der Waals surface area contributed by atoms with E-state index in [1.165, 1.54) is 0 Å². The second kappa shape index (κ2) is 2.60. The van der Waals surface area contributed by atoms with Crippen molar-refractivity contribution in [2.75, 3.05) is 0 Å². The first-order valence-electron chi connectivity index (χ1n) is 3.88. The number of cyclic esters (lactones) is 1. The number of rotatable bonds is 2. The molecule has 0 bridgehead atoms. The molecule has 1 heterocycles. The molecule has 58 valence electrons. The van der Waals surface area contributed by atoms with Crippen LogP contribution in [0.3, 0.4) is 0 Å².